The van der Waals surface area contributed by atoms with Crippen LogP contribution in [0.4, 0.5) is 0 Å². The maximum atomic E-state index is 12.0. The Morgan fingerprint density at radius 3 is 2.61 bits per heavy atom. The highest BCUT2D eigenvalue weighted by Gasteiger charge is 2.24. The van der Waals surface area contributed by atoms with Gasteiger partial charge in [-0.25, -0.2) is 13.1 Å². The molecule has 1 heterocycles. The molecule has 1 aromatic rings. The summed E-state index contributed by atoms with van der Waals surface area (Å²) in [6, 6.07) is 1.42. The van der Waals surface area contributed by atoms with Crippen LogP contribution in [-0.2, 0) is 14.8 Å². The molecular formula is C10H15BrClNO3S2. The molecule has 0 amide bonds. The van der Waals surface area contributed by atoms with Gasteiger partial charge in [0, 0.05) is 13.2 Å². The fourth-order valence-electron chi connectivity index (χ4n) is 1.24. The summed E-state index contributed by atoms with van der Waals surface area (Å²) >= 11 is 10.1. The first-order chi connectivity index (χ1) is 8.18. The first-order valence-electron chi connectivity index (χ1n) is 5.26. The number of hydrogen-bond donors (Lipinski definition) is 1. The lowest BCUT2D eigenvalue weighted by molar-refractivity contribution is -0.00514. The van der Waals surface area contributed by atoms with E-state index in [9.17, 15) is 8.42 Å². The minimum atomic E-state index is -3.54. The molecule has 0 aliphatic heterocycles. The van der Waals surface area contributed by atoms with E-state index in [2.05, 4.69) is 20.7 Å². The van der Waals surface area contributed by atoms with Gasteiger partial charge in [0.15, 0.2) is 0 Å². The highest BCUT2D eigenvalue weighted by Crippen LogP contribution is 2.34. The molecule has 0 bridgehead atoms. The lowest BCUT2D eigenvalue weighted by Crippen LogP contribution is -2.40. The van der Waals surface area contributed by atoms with Gasteiger partial charge in [0.2, 0.25) is 10.0 Å². The van der Waals surface area contributed by atoms with E-state index in [1.807, 2.05) is 20.8 Å². The maximum absolute atomic E-state index is 12.0. The minimum Gasteiger partial charge on any atom is -0.375 e. The van der Waals surface area contributed by atoms with E-state index in [1.54, 1.807) is 0 Å². The molecule has 0 saturated heterocycles. The van der Waals surface area contributed by atoms with E-state index in [0.717, 1.165) is 11.3 Å². The van der Waals surface area contributed by atoms with Crippen LogP contribution in [-0.4, -0.2) is 27.2 Å². The number of hydrogen-bond acceptors (Lipinski definition) is 4. The predicted octanol–water partition coefficient (Wildman–Crippen LogP) is 3.26. The second-order valence-corrected chi connectivity index (χ2v) is 8.98. The zero-order chi connectivity index (χ0) is 14.0. The van der Waals surface area contributed by atoms with Crippen LogP contribution in [0.3, 0.4) is 0 Å². The number of thiophene rings is 1. The molecule has 1 N–H and O–H groups in total. The summed E-state index contributed by atoms with van der Waals surface area (Å²) in [7, 11) is -3.54. The Kier molecular flexibility index (Phi) is 5.64. The van der Waals surface area contributed by atoms with Crippen molar-refractivity contribution >= 4 is 48.9 Å². The molecule has 0 spiro atoms. The molecule has 0 atom stereocenters. The van der Waals surface area contributed by atoms with Crippen molar-refractivity contribution in [2.75, 3.05) is 13.2 Å². The smallest absolute Gasteiger partial charge is 0.250 e. The zero-order valence-electron chi connectivity index (χ0n) is 10.3. The van der Waals surface area contributed by atoms with E-state index in [4.69, 9.17) is 16.3 Å². The van der Waals surface area contributed by atoms with Gasteiger partial charge < -0.3 is 4.74 Å². The van der Waals surface area contributed by atoms with Crippen LogP contribution in [0.1, 0.15) is 20.8 Å². The molecule has 0 radical (unpaired) electrons. The van der Waals surface area contributed by atoms with Gasteiger partial charge in [-0.15, -0.1) is 11.3 Å². The van der Waals surface area contributed by atoms with Gasteiger partial charge in [0.1, 0.15) is 4.21 Å². The molecule has 1 aromatic heterocycles. The third kappa shape index (κ3) is 4.47. The Morgan fingerprint density at radius 1 is 1.56 bits per heavy atom. The highest BCUT2D eigenvalue weighted by molar-refractivity contribution is 9.11. The Hall–Kier alpha value is 0.340. The molecule has 104 valence electrons. The van der Waals surface area contributed by atoms with E-state index >= 15 is 0 Å². The van der Waals surface area contributed by atoms with Crippen LogP contribution < -0.4 is 4.72 Å². The second kappa shape index (κ2) is 6.19. The van der Waals surface area contributed by atoms with Crippen molar-refractivity contribution in [2.24, 2.45) is 0 Å². The van der Waals surface area contributed by atoms with Gasteiger partial charge in [-0.2, -0.15) is 0 Å². The van der Waals surface area contributed by atoms with Crippen LogP contribution in [0.2, 0.25) is 5.02 Å². The number of ether oxygens (including phenoxy) is 1. The Balaban J connectivity index is 2.77. The van der Waals surface area contributed by atoms with Crippen molar-refractivity contribution < 1.29 is 13.2 Å². The predicted molar refractivity (Wildman–Crippen MR) is 77.9 cm³/mol. The number of nitrogens with one attached hydrogen (secondary N) is 1. The summed E-state index contributed by atoms with van der Waals surface area (Å²) in [4.78, 5) is 0. The average Bonchev–Trinajstić information content (AvgIpc) is 2.58. The maximum Gasteiger partial charge on any atom is 0.250 e. The Bertz CT molecular complexity index is 494. The van der Waals surface area contributed by atoms with Gasteiger partial charge in [-0.1, -0.05) is 11.6 Å². The Morgan fingerprint density at radius 2 is 2.17 bits per heavy atom. The summed E-state index contributed by atoms with van der Waals surface area (Å²) in [6.07, 6.45) is 0. The molecule has 4 nitrogen and oxygen atoms in total. The van der Waals surface area contributed by atoms with E-state index < -0.39 is 15.6 Å². The normalized spacial score (nSPS) is 12.9. The third-order valence-electron chi connectivity index (χ3n) is 2.11. The molecular weight excluding hydrogens is 362 g/mol. The lowest BCUT2D eigenvalue weighted by atomic mass is 10.1. The summed E-state index contributed by atoms with van der Waals surface area (Å²) in [6.45, 7) is 6.26. The highest BCUT2D eigenvalue weighted by atomic mass is 79.9. The fraction of sp³-hybridized carbons (Fsp3) is 0.600. The van der Waals surface area contributed by atoms with Gasteiger partial charge in [0.25, 0.3) is 0 Å². The molecule has 0 fully saturated rings. The number of sulfonamides is 1. The van der Waals surface area contributed by atoms with Crippen LogP contribution >= 0.6 is 38.9 Å². The molecule has 0 aromatic carbocycles. The van der Waals surface area contributed by atoms with Crippen molar-refractivity contribution in [3.05, 3.63) is 14.9 Å². The first-order valence-corrected chi connectivity index (χ1v) is 8.73. The van der Waals surface area contributed by atoms with Crippen LogP contribution in [0.15, 0.2) is 14.1 Å². The van der Waals surface area contributed by atoms with Gasteiger partial charge in [-0.05, 0) is 42.8 Å². The van der Waals surface area contributed by atoms with Crippen molar-refractivity contribution in [3.63, 3.8) is 0 Å². The van der Waals surface area contributed by atoms with E-state index in [-0.39, 0.29) is 10.8 Å². The zero-order valence-corrected chi connectivity index (χ0v) is 14.3. The number of rotatable bonds is 6. The van der Waals surface area contributed by atoms with Gasteiger partial charge >= 0.3 is 0 Å². The quantitative estimate of drug-likeness (QED) is 0.829. The van der Waals surface area contributed by atoms with Gasteiger partial charge in [-0.3, -0.25) is 0 Å². The van der Waals surface area contributed by atoms with Crippen molar-refractivity contribution in [3.8, 4) is 0 Å². The standard InChI is InChI=1S/C10H15BrClNO3S2/c1-4-16-10(2,3)6-13-18(14,15)8-5-7(12)9(11)17-8/h5,13H,4,6H2,1-3H3. The Labute approximate surface area is 125 Å². The van der Waals surface area contributed by atoms with E-state index in [1.165, 1.54) is 6.07 Å². The largest absolute Gasteiger partial charge is 0.375 e. The SMILES string of the molecule is CCOC(C)(C)CNS(=O)(=O)c1cc(Cl)c(Br)s1. The van der Waals surface area contributed by atoms with Gasteiger partial charge in [0.05, 0.1) is 14.4 Å². The molecule has 8 heteroatoms. The minimum absolute atomic E-state index is 0.187. The van der Waals surface area contributed by atoms with Crippen molar-refractivity contribution in [2.45, 2.75) is 30.6 Å². The van der Waals surface area contributed by atoms with Crippen LogP contribution in [0.5, 0.6) is 0 Å². The summed E-state index contributed by atoms with van der Waals surface area (Å²) in [5.41, 5.74) is -0.542. The molecule has 1 rings (SSSR count). The summed E-state index contributed by atoms with van der Waals surface area (Å²) < 4.78 is 32.8. The molecule has 0 aliphatic rings. The first kappa shape index (κ1) is 16.4. The average molecular weight is 377 g/mol. The van der Waals surface area contributed by atoms with Crippen LogP contribution in [0.25, 0.3) is 0 Å². The molecule has 18 heavy (non-hydrogen) atoms. The third-order valence-corrected chi connectivity index (χ3v) is 6.46. The van der Waals surface area contributed by atoms with Crippen molar-refractivity contribution in [1.82, 2.24) is 4.72 Å². The molecule has 0 aliphatic carbocycles. The number of halogens is 2. The molecule has 0 unspecified atom stereocenters. The second-order valence-electron chi connectivity index (χ2n) is 4.20. The fourth-order valence-corrected chi connectivity index (χ4v) is 4.88. The summed E-state index contributed by atoms with van der Waals surface area (Å²) in [5.74, 6) is 0. The monoisotopic (exact) mass is 375 g/mol. The summed E-state index contributed by atoms with van der Waals surface area (Å²) in [5, 5.41) is 0.393. The van der Waals surface area contributed by atoms with E-state index in [0.29, 0.717) is 15.4 Å². The van der Waals surface area contributed by atoms with Crippen molar-refractivity contribution in [1.29, 1.82) is 0 Å². The molecule has 0 saturated carbocycles. The van der Waals surface area contributed by atoms with Crippen LogP contribution in [0, 0.1) is 0 Å². The lowest BCUT2D eigenvalue weighted by Gasteiger charge is -2.24. The topological polar surface area (TPSA) is 55.4 Å².